The van der Waals surface area contributed by atoms with Gasteiger partial charge in [-0.15, -0.1) is 0 Å². The summed E-state index contributed by atoms with van der Waals surface area (Å²) in [4.78, 5) is 0. The molecule has 0 amide bonds. The first-order valence-electron chi connectivity index (χ1n) is 6.80. The standard InChI is InChI=1S/C18H17NO2/c1-20-16-8-4-5-13(9-16)12-21-18-11-15-7-3-2-6-14(15)10-17(18)19/h2-11H,12,19H2,1H3. The van der Waals surface area contributed by atoms with Crippen molar-refractivity contribution < 1.29 is 9.47 Å². The van der Waals surface area contributed by atoms with Gasteiger partial charge in [0.25, 0.3) is 0 Å². The predicted molar refractivity (Wildman–Crippen MR) is 85.7 cm³/mol. The fraction of sp³-hybridized carbons (Fsp3) is 0.111. The van der Waals surface area contributed by atoms with Crippen LogP contribution in [0.5, 0.6) is 11.5 Å². The number of hydrogen-bond acceptors (Lipinski definition) is 3. The molecule has 0 heterocycles. The summed E-state index contributed by atoms with van der Waals surface area (Å²) in [6.07, 6.45) is 0. The Kier molecular flexibility index (Phi) is 3.65. The molecule has 21 heavy (non-hydrogen) atoms. The van der Waals surface area contributed by atoms with Gasteiger partial charge in [-0.25, -0.2) is 0 Å². The minimum Gasteiger partial charge on any atom is -0.497 e. The Morgan fingerprint density at radius 1 is 0.905 bits per heavy atom. The third-order valence-electron chi connectivity index (χ3n) is 3.41. The Balaban J connectivity index is 1.82. The summed E-state index contributed by atoms with van der Waals surface area (Å²) in [5.41, 5.74) is 7.75. The zero-order chi connectivity index (χ0) is 14.7. The van der Waals surface area contributed by atoms with Gasteiger partial charge in [0.15, 0.2) is 0 Å². The molecule has 0 aliphatic heterocycles. The molecule has 106 valence electrons. The van der Waals surface area contributed by atoms with Crippen molar-refractivity contribution in [1.29, 1.82) is 0 Å². The number of ether oxygens (including phenoxy) is 2. The molecule has 3 aromatic rings. The van der Waals surface area contributed by atoms with E-state index in [1.807, 2.05) is 60.7 Å². The third kappa shape index (κ3) is 2.92. The SMILES string of the molecule is COc1cccc(COc2cc3ccccc3cc2N)c1. The van der Waals surface area contributed by atoms with Crippen LogP contribution in [-0.4, -0.2) is 7.11 Å². The van der Waals surface area contributed by atoms with Crippen LogP contribution in [0.3, 0.4) is 0 Å². The van der Waals surface area contributed by atoms with Crippen molar-refractivity contribution >= 4 is 16.5 Å². The van der Waals surface area contributed by atoms with E-state index in [1.165, 1.54) is 0 Å². The molecular formula is C18H17NO2. The topological polar surface area (TPSA) is 44.5 Å². The predicted octanol–water partition coefficient (Wildman–Crippen LogP) is 4.01. The summed E-state index contributed by atoms with van der Waals surface area (Å²) in [5.74, 6) is 1.53. The van der Waals surface area contributed by atoms with Crippen LogP contribution >= 0.6 is 0 Å². The Morgan fingerprint density at radius 3 is 2.43 bits per heavy atom. The van der Waals surface area contributed by atoms with E-state index in [-0.39, 0.29) is 0 Å². The lowest BCUT2D eigenvalue weighted by Gasteiger charge is -2.11. The minimum atomic E-state index is 0.458. The second kappa shape index (κ2) is 5.75. The number of fused-ring (bicyclic) bond motifs is 1. The van der Waals surface area contributed by atoms with Crippen LogP contribution in [0, 0.1) is 0 Å². The first kappa shape index (κ1) is 13.3. The van der Waals surface area contributed by atoms with Crippen LogP contribution in [0.2, 0.25) is 0 Å². The van der Waals surface area contributed by atoms with E-state index in [0.29, 0.717) is 18.0 Å². The monoisotopic (exact) mass is 279 g/mol. The molecule has 0 atom stereocenters. The summed E-state index contributed by atoms with van der Waals surface area (Å²) in [5, 5.41) is 2.23. The van der Waals surface area contributed by atoms with Crippen molar-refractivity contribution in [1.82, 2.24) is 0 Å². The van der Waals surface area contributed by atoms with Crippen molar-refractivity contribution in [3.63, 3.8) is 0 Å². The van der Waals surface area contributed by atoms with E-state index in [9.17, 15) is 0 Å². The third-order valence-corrected chi connectivity index (χ3v) is 3.41. The Labute approximate surface area is 123 Å². The fourth-order valence-corrected chi connectivity index (χ4v) is 2.29. The highest BCUT2D eigenvalue weighted by molar-refractivity contribution is 5.88. The zero-order valence-corrected chi connectivity index (χ0v) is 11.9. The summed E-state index contributed by atoms with van der Waals surface area (Å²) in [6, 6.07) is 19.8. The van der Waals surface area contributed by atoms with E-state index < -0.39 is 0 Å². The highest BCUT2D eigenvalue weighted by atomic mass is 16.5. The normalized spacial score (nSPS) is 10.5. The van der Waals surface area contributed by atoms with Crippen LogP contribution in [0.15, 0.2) is 60.7 Å². The van der Waals surface area contributed by atoms with E-state index in [4.69, 9.17) is 15.2 Å². The maximum absolute atomic E-state index is 6.06. The summed E-state index contributed by atoms with van der Waals surface area (Å²) >= 11 is 0. The first-order valence-corrected chi connectivity index (χ1v) is 6.80. The molecule has 0 radical (unpaired) electrons. The largest absolute Gasteiger partial charge is 0.497 e. The van der Waals surface area contributed by atoms with Crippen LogP contribution in [0.25, 0.3) is 10.8 Å². The molecule has 2 N–H and O–H groups in total. The van der Waals surface area contributed by atoms with Crippen LogP contribution < -0.4 is 15.2 Å². The van der Waals surface area contributed by atoms with E-state index >= 15 is 0 Å². The second-order valence-corrected chi connectivity index (χ2v) is 4.88. The van der Waals surface area contributed by atoms with Gasteiger partial charge in [-0.05, 0) is 40.6 Å². The molecule has 3 aromatic carbocycles. The average Bonchev–Trinajstić information content (AvgIpc) is 2.53. The summed E-state index contributed by atoms with van der Waals surface area (Å²) in [6.45, 7) is 0.458. The van der Waals surface area contributed by atoms with Crippen molar-refractivity contribution in [3.05, 3.63) is 66.2 Å². The maximum Gasteiger partial charge on any atom is 0.143 e. The number of nitrogen functional groups attached to an aromatic ring is 1. The lowest BCUT2D eigenvalue weighted by Crippen LogP contribution is -1.99. The van der Waals surface area contributed by atoms with Gasteiger partial charge in [-0.2, -0.15) is 0 Å². The fourth-order valence-electron chi connectivity index (χ4n) is 2.29. The molecular weight excluding hydrogens is 262 g/mol. The molecule has 0 bridgehead atoms. The van der Waals surface area contributed by atoms with Crippen molar-refractivity contribution in [2.24, 2.45) is 0 Å². The maximum atomic E-state index is 6.06. The number of anilines is 1. The molecule has 0 aromatic heterocycles. The van der Waals surface area contributed by atoms with Crippen molar-refractivity contribution in [3.8, 4) is 11.5 Å². The number of rotatable bonds is 4. The highest BCUT2D eigenvalue weighted by Crippen LogP contribution is 2.28. The lowest BCUT2D eigenvalue weighted by atomic mass is 10.1. The number of methoxy groups -OCH3 is 1. The molecule has 0 aliphatic carbocycles. The molecule has 0 saturated carbocycles. The quantitative estimate of drug-likeness (QED) is 0.734. The molecule has 0 unspecified atom stereocenters. The van der Waals surface area contributed by atoms with Gasteiger partial charge in [-0.3, -0.25) is 0 Å². The van der Waals surface area contributed by atoms with Gasteiger partial charge in [-0.1, -0.05) is 36.4 Å². The second-order valence-electron chi connectivity index (χ2n) is 4.88. The van der Waals surface area contributed by atoms with E-state index in [0.717, 1.165) is 22.1 Å². The Bertz CT molecular complexity index is 768. The zero-order valence-electron chi connectivity index (χ0n) is 11.9. The van der Waals surface area contributed by atoms with Gasteiger partial charge >= 0.3 is 0 Å². The molecule has 0 aliphatic rings. The summed E-state index contributed by atoms with van der Waals surface area (Å²) in [7, 11) is 1.65. The highest BCUT2D eigenvalue weighted by Gasteiger charge is 2.04. The van der Waals surface area contributed by atoms with Gasteiger partial charge in [0.05, 0.1) is 12.8 Å². The van der Waals surface area contributed by atoms with Gasteiger partial charge < -0.3 is 15.2 Å². The van der Waals surface area contributed by atoms with Crippen molar-refractivity contribution in [2.75, 3.05) is 12.8 Å². The summed E-state index contributed by atoms with van der Waals surface area (Å²) < 4.78 is 11.1. The van der Waals surface area contributed by atoms with Gasteiger partial charge in [0.2, 0.25) is 0 Å². The van der Waals surface area contributed by atoms with E-state index in [2.05, 4.69) is 0 Å². The van der Waals surface area contributed by atoms with Crippen LogP contribution in [0.1, 0.15) is 5.56 Å². The lowest BCUT2D eigenvalue weighted by molar-refractivity contribution is 0.307. The van der Waals surface area contributed by atoms with Crippen LogP contribution in [0.4, 0.5) is 5.69 Å². The minimum absolute atomic E-state index is 0.458. The Morgan fingerprint density at radius 2 is 1.67 bits per heavy atom. The number of benzene rings is 3. The molecule has 3 heteroatoms. The first-order chi connectivity index (χ1) is 10.3. The number of nitrogens with two attached hydrogens (primary N) is 1. The molecule has 0 spiro atoms. The van der Waals surface area contributed by atoms with E-state index in [1.54, 1.807) is 7.11 Å². The van der Waals surface area contributed by atoms with Crippen LogP contribution in [-0.2, 0) is 6.61 Å². The Hall–Kier alpha value is -2.68. The van der Waals surface area contributed by atoms with Gasteiger partial charge in [0.1, 0.15) is 18.1 Å². The molecule has 0 fully saturated rings. The molecule has 3 nitrogen and oxygen atoms in total. The van der Waals surface area contributed by atoms with Crippen molar-refractivity contribution in [2.45, 2.75) is 6.61 Å². The van der Waals surface area contributed by atoms with Gasteiger partial charge in [0, 0.05) is 0 Å². The average molecular weight is 279 g/mol. The number of hydrogen-bond donors (Lipinski definition) is 1. The molecule has 3 rings (SSSR count). The smallest absolute Gasteiger partial charge is 0.143 e. The molecule has 0 saturated heterocycles.